The molecule has 1 heterocycles. The highest BCUT2D eigenvalue weighted by molar-refractivity contribution is 6.42. The van der Waals surface area contributed by atoms with Crippen molar-refractivity contribution in [2.75, 3.05) is 12.1 Å². The Bertz CT molecular complexity index is 790. The highest BCUT2D eigenvalue weighted by Crippen LogP contribution is 2.31. The van der Waals surface area contributed by atoms with Gasteiger partial charge in [-0.3, -0.25) is 5.01 Å². The van der Waals surface area contributed by atoms with Crippen LogP contribution in [0.5, 0.6) is 0 Å². The summed E-state index contributed by atoms with van der Waals surface area (Å²) in [6.45, 7) is 0. The zero-order valence-electron chi connectivity index (χ0n) is 12.2. The minimum absolute atomic E-state index is 0.230. The second kappa shape index (κ2) is 6.56. The molecule has 0 bridgehead atoms. The largest absolute Gasteiger partial charge is 0.287 e. The summed E-state index contributed by atoms with van der Waals surface area (Å²) in [7, 11) is 1.87. The van der Waals surface area contributed by atoms with E-state index in [9.17, 15) is 4.39 Å². The van der Waals surface area contributed by atoms with Crippen molar-refractivity contribution in [1.82, 2.24) is 14.9 Å². The predicted octanol–water partition coefficient (Wildman–Crippen LogP) is 4.08. The highest BCUT2D eigenvalue weighted by Gasteiger charge is 2.21. The molecule has 4 nitrogen and oxygen atoms in total. The summed E-state index contributed by atoms with van der Waals surface area (Å²) in [5.74, 6) is -0.287. The van der Waals surface area contributed by atoms with Crippen molar-refractivity contribution in [2.45, 2.75) is 6.04 Å². The van der Waals surface area contributed by atoms with Crippen molar-refractivity contribution in [1.29, 1.82) is 0 Å². The van der Waals surface area contributed by atoms with Crippen LogP contribution in [0.15, 0.2) is 55.1 Å². The average molecular weight is 351 g/mol. The summed E-state index contributed by atoms with van der Waals surface area (Å²) in [5.41, 5.74) is 1.80. The fraction of sp³-hybridized carbons (Fsp3) is 0.125. The molecule has 23 heavy (non-hydrogen) atoms. The molecule has 7 heteroatoms. The Morgan fingerprint density at radius 3 is 2.35 bits per heavy atom. The maximum absolute atomic E-state index is 13.3. The SMILES string of the molecule is CN(C(c1ccc(F)cc1)c1ccc(Cl)c(Cl)c1)n1cncn1. The van der Waals surface area contributed by atoms with Gasteiger partial charge in [0.2, 0.25) is 0 Å². The Morgan fingerprint density at radius 2 is 1.74 bits per heavy atom. The first-order valence-corrected chi connectivity index (χ1v) is 7.60. The zero-order chi connectivity index (χ0) is 16.4. The minimum Gasteiger partial charge on any atom is -0.287 e. The minimum atomic E-state index is -0.287. The Balaban J connectivity index is 2.09. The monoisotopic (exact) mass is 350 g/mol. The fourth-order valence-electron chi connectivity index (χ4n) is 2.43. The third-order valence-electron chi connectivity index (χ3n) is 3.55. The maximum Gasteiger partial charge on any atom is 0.139 e. The molecule has 0 saturated heterocycles. The molecule has 0 fully saturated rings. The molecule has 3 rings (SSSR count). The second-order valence-electron chi connectivity index (χ2n) is 5.02. The van der Waals surface area contributed by atoms with Crippen molar-refractivity contribution < 1.29 is 4.39 Å². The van der Waals surface area contributed by atoms with Crippen LogP contribution < -0.4 is 5.01 Å². The molecule has 1 unspecified atom stereocenters. The third kappa shape index (κ3) is 3.30. The van der Waals surface area contributed by atoms with Crippen molar-refractivity contribution in [3.63, 3.8) is 0 Å². The van der Waals surface area contributed by atoms with E-state index in [2.05, 4.69) is 10.1 Å². The lowest BCUT2D eigenvalue weighted by Crippen LogP contribution is -2.35. The molecule has 0 amide bonds. The first-order valence-electron chi connectivity index (χ1n) is 6.84. The van der Waals surface area contributed by atoms with Crippen LogP contribution in [0, 0.1) is 5.82 Å². The van der Waals surface area contributed by atoms with Crippen LogP contribution in [0.4, 0.5) is 4.39 Å². The van der Waals surface area contributed by atoms with Crippen LogP contribution in [0.25, 0.3) is 0 Å². The quantitative estimate of drug-likeness (QED) is 0.710. The van der Waals surface area contributed by atoms with Gasteiger partial charge in [-0.15, -0.1) is 5.10 Å². The molecule has 1 aromatic heterocycles. The lowest BCUT2D eigenvalue weighted by molar-refractivity contribution is 0.528. The lowest BCUT2D eigenvalue weighted by atomic mass is 9.98. The molecule has 3 aromatic rings. The average Bonchev–Trinajstić information content (AvgIpc) is 3.07. The van der Waals surface area contributed by atoms with Crippen molar-refractivity contribution >= 4 is 23.2 Å². The third-order valence-corrected chi connectivity index (χ3v) is 4.29. The first-order chi connectivity index (χ1) is 11.1. The molecule has 0 aliphatic heterocycles. The van der Waals surface area contributed by atoms with Crippen LogP contribution in [-0.2, 0) is 0 Å². The van der Waals surface area contributed by atoms with Gasteiger partial charge in [0.05, 0.1) is 16.1 Å². The van der Waals surface area contributed by atoms with Gasteiger partial charge in [-0.25, -0.2) is 9.37 Å². The molecule has 0 radical (unpaired) electrons. The Hall–Kier alpha value is -2.11. The van der Waals surface area contributed by atoms with Gasteiger partial charge in [0.1, 0.15) is 18.5 Å². The van der Waals surface area contributed by atoms with Gasteiger partial charge >= 0.3 is 0 Å². The Morgan fingerprint density at radius 1 is 1.04 bits per heavy atom. The molecule has 1 atom stereocenters. The van der Waals surface area contributed by atoms with Gasteiger partial charge < -0.3 is 0 Å². The van der Waals surface area contributed by atoms with E-state index in [4.69, 9.17) is 23.2 Å². The number of rotatable bonds is 4. The summed E-state index contributed by atoms with van der Waals surface area (Å²) in [5, 5.41) is 6.96. The number of halogens is 3. The molecular weight excluding hydrogens is 338 g/mol. The number of aromatic nitrogens is 3. The Kier molecular flexibility index (Phi) is 4.50. The molecule has 2 aromatic carbocycles. The van der Waals surface area contributed by atoms with Crippen LogP contribution >= 0.6 is 23.2 Å². The number of benzene rings is 2. The van der Waals surface area contributed by atoms with Gasteiger partial charge in [0, 0.05) is 7.05 Å². The number of nitrogens with zero attached hydrogens (tertiary/aromatic N) is 4. The maximum atomic E-state index is 13.3. The van der Waals surface area contributed by atoms with E-state index in [-0.39, 0.29) is 11.9 Å². The van der Waals surface area contributed by atoms with Gasteiger partial charge in [0.15, 0.2) is 0 Å². The highest BCUT2D eigenvalue weighted by atomic mass is 35.5. The second-order valence-corrected chi connectivity index (χ2v) is 5.83. The summed E-state index contributed by atoms with van der Waals surface area (Å²) >= 11 is 12.2. The van der Waals surface area contributed by atoms with E-state index in [0.29, 0.717) is 10.0 Å². The van der Waals surface area contributed by atoms with Gasteiger partial charge in [-0.1, -0.05) is 41.4 Å². The topological polar surface area (TPSA) is 34.0 Å². The van der Waals surface area contributed by atoms with Crippen molar-refractivity contribution in [3.8, 4) is 0 Å². The predicted molar refractivity (Wildman–Crippen MR) is 88.9 cm³/mol. The fourth-order valence-corrected chi connectivity index (χ4v) is 2.74. The number of hydrogen-bond donors (Lipinski definition) is 0. The molecule has 0 aliphatic rings. The van der Waals surface area contributed by atoms with Crippen LogP contribution in [0.2, 0.25) is 10.0 Å². The van der Waals surface area contributed by atoms with Gasteiger partial charge in [0.25, 0.3) is 0 Å². The molecular formula is C16H13Cl2FN4. The summed E-state index contributed by atoms with van der Waals surface area (Å²) < 4.78 is 13.3. The summed E-state index contributed by atoms with van der Waals surface area (Å²) in [6.07, 6.45) is 3.04. The standard InChI is InChI=1S/C16H13Cl2FN4/c1-22(23-10-20-9-21-23)16(11-2-5-13(19)6-3-11)12-4-7-14(17)15(18)8-12/h2-10,16H,1H3. The first kappa shape index (κ1) is 15.8. The lowest BCUT2D eigenvalue weighted by Gasteiger charge is -2.30. The molecule has 0 N–H and O–H groups in total. The van der Waals surface area contributed by atoms with Gasteiger partial charge in [-0.2, -0.15) is 4.79 Å². The van der Waals surface area contributed by atoms with Crippen molar-refractivity contribution in [2.24, 2.45) is 0 Å². The van der Waals surface area contributed by atoms with Crippen LogP contribution in [-0.4, -0.2) is 21.9 Å². The molecule has 118 valence electrons. The summed E-state index contributed by atoms with van der Waals surface area (Å²) in [6, 6.07) is 11.5. The molecule has 0 saturated carbocycles. The van der Waals surface area contributed by atoms with E-state index in [1.54, 1.807) is 35.4 Å². The number of hydrogen-bond acceptors (Lipinski definition) is 3. The summed E-state index contributed by atoms with van der Waals surface area (Å²) in [4.78, 5) is 5.57. The molecule has 0 aliphatic carbocycles. The van der Waals surface area contributed by atoms with E-state index < -0.39 is 0 Å². The normalized spacial score (nSPS) is 12.2. The van der Waals surface area contributed by atoms with Crippen LogP contribution in [0.3, 0.4) is 0 Å². The smallest absolute Gasteiger partial charge is 0.139 e. The van der Waals surface area contributed by atoms with E-state index in [0.717, 1.165) is 11.1 Å². The van der Waals surface area contributed by atoms with Gasteiger partial charge in [-0.05, 0) is 35.4 Å². The van der Waals surface area contributed by atoms with E-state index in [1.807, 2.05) is 18.1 Å². The Labute approximate surface area is 143 Å². The van der Waals surface area contributed by atoms with E-state index >= 15 is 0 Å². The van der Waals surface area contributed by atoms with E-state index in [1.165, 1.54) is 18.5 Å². The van der Waals surface area contributed by atoms with Crippen molar-refractivity contribution in [3.05, 3.63) is 82.1 Å². The zero-order valence-corrected chi connectivity index (χ0v) is 13.7. The molecule has 0 spiro atoms. The van der Waals surface area contributed by atoms with Crippen LogP contribution in [0.1, 0.15) is 17.2 Å².